The SMILES string of the molecule is O=C(N/N=C\c1ccccc1OS(=O)(=O)c1ccc2ccccc2c1)c1ccc2ccccc2c1. The zero-order chi connectivity index (χ0) is 24.3. The molecule has 1 amide bonds. The van der Waals surface area contributed by atoms with E-state index in [1.54, 1.807) is 42.5 Å². The number of carbonyl (C=O) groups is 1. The number of hydrazone groups is 1. The van der Waals surface area contributed by atoms with Gasteiger partial charge < -0.3 is 4.18 Å². The van der Waals surface area contributed by atoms with Gasteiger partial charge in [-0.2, -0.15) is 13.5 Å². The van der Waals surface area contributed by atoms with Gasteiger partial charge in [0, 0.05) is 11.1 Å². The minimum Gasteiger partial charge on any atom is -0.378 e. The predicted octanol–water partition coefficient (Wildman–Crippen LogP) is 5.52. The molecular formula is C28H20N2O4S. The Morgan fingerprint density at radius 2 is 1.31 bits per heavy atom. The number of fused-ring (bicyclic) bond motifs is 2. The molecule has 0 spiro atoms. The van der Waals surface area contributed by atoms with Gasteiger partial charge in [-0.05, 0) is 57.9 Å². The number of hydrogen-bond acceptors (Lipinski definition) is 5. The minimum atomic E-state index is -4.08. The molecule has 0 radical (unpaired) electrons. The first-order valence-corrected chi connectivity index (χ1v) is 12.2. The highest BCUT2D eigenvalue weighted by molar-refractivity contribution is 7.87. The number of hydrogen-bond donors (Lipinski definition) is 1. The van der Waals surface area contributed by atoms with Gasteiger partial charge in [0.1, 0.15) is 4.90 Å². The van der Waals surface area contributed by atoms with Gasteiger partial charge in [-0.3, -0.25) is 4.79 Å². The standard InChI is InChI=1S/C28H20N2O4S/c31-28(24-14-13-20-7-1-3-9-22(20)17-24)30-29-19-25-11-5-6-12-27(25)34-35(32,33)26-16-15-21-8-2-4-10-23(21)18-26/h1-19H,(H,30,31)/b29-19-. The Balaban J connectivity index is 1.34. The summed E-state index contributed by atoms with van der Waals surface area (Å²) >= 11 is 0. The second-order valence-corrected chi connectivity index (χ2v) is 9.39. The molecule has 0 heterocycles. The molecule has 0 atom stereocenters. The average Bonchev–Trinajstić information content (AvgIpc) is 2.89. The molecule has 0 saturated heterocycles. The molecule has 172 valence electrons. The molecule has 0 unspecified atom stereocenters. The molecule has 1 N–H and O–H groups in total. The van der Waals surface area contributed by atoms with Crippen molar-refractivity contribution in [2.75, 3.05) is 0 Å². The highest BCUT2D eigenvalue weighted by Crippen LogP contribution is 2.24. The molecule has 0 bridgehead atoms. The summed E-state index contributed by atoms with van der Waals surface area (Å²) in [6.45, 7) is 0. The third-order valence-electron chi connectivity index (χ3n) is 5.51. The Hall–Kier alpha value is -4.49. The fourth-order valence-electron chi connectivity index (χ4n) is 3.71. The van der Waals surface area contributed by atoms with Gasteiger partial charge in [0.15, 0.2) is 5.75 Å². The number of nitrogens with zero attached hydrogens (tertiary/aromatic N) is 1. The van der Waals surface area contributed by atoms with Crippen molar-refractivity contribution < 1.29 is 17.4 Å². The third-order valence-corrected chi connectivity index (χ3v) is 6.74. The summed E-state index contributed by atoms with van der Waals surface area (Å²) in [4.78, 5) is 12.6. The lowest BCUT2D eigenvalue weighted by atomic mass is 10.1. The molecule has 0 saturated carbocycles. The van der Waals surface area contributed by atoms with Crippen molar-refractivity contribution in [1.82, 2.24) is 5.43 Å². The predicted molar refractivity (Wildman–Crippen MR) is 137 cm³/mol. The molecule has 0 aliphatic rings. The Morgan fingerprint density at radius 1 is 0.714 bits per heavy atom. The molecule has 0 aromatic heterocycles. The van der Waals surface area contributed by atoms with Crippen LogP contribution >= 0.6 is 0 Å². The molecule has 6 nitrogen and oxygen atoms in total. The molecule has 0 aliphatic carbocycles. The lowest BCUT2D eigenvalue weighted by molar-refractivity contribution is 0.0955. The fourth-order valence-corrected chi connectivity index (χ4v) is 4.70. The molecule has 7 heteroatoms. The van der Waals surface area contributed by atoms with Crippen LogP contribution in [0.5, 0.6) is 5.75 Å². The van der Waals surface area contributed by atoms with Crippen LogP contribution in [-0.2, 0) is 10.1 Å². The van der Waals surface area contributed by atoms with Gasteiger partial charge in [0.05, 0.1) is 6.21 Å². The van der Waals surface area contributed by atoms with Crippen molar-refractivity contribution in [1.29, 1.82) is 0 Å². The summed E-state index contributed by atoms with van der Waals surface area (Å²) in [5.74, 6) is -0.279. The second kappa shape index (κ2) is 9.40. The van der Waals surface area contributed by atoms with E-state index in [4.69, 9.17) is 4.18 Å². The van der Waals surface area contributed by atoms with Crippen LogP contribution in [0.25, 0.3) is 21.5 Å². The average molecular weight is 481 g/mol. The van der Waals surface area contributed by atoms with Crippen LogP contribution in [0, 0.1) is 0 Å². The van der Waals surface area contributed by atoms with Gasteiger partial charge in [0.2, 0.25) is 0 Å². The Labute approximate surface area is 202 Å². The summed E-state index contributed by atoms with van der Waals surface area (Å²) in [5.41, 5.74) is 3.34. The van der Waals surface area contributed by atoms with Crippen molar-refractivity contribution in [3.05, 3.63) is 120 Å². The van der Waals surface area contributed by atoms with E-state index in [0.29, 0.717) is 11.1 Å². The van der Waals surface area contributed by atoms with Crippen LogP contribution in [0.2, 0.25) is 0 Å². The maximum absolute atomic E-state index is 12.9. The molecular weight excluding hydrogens is 460 g/mol. The molecule has 5 aromatic carbocycles. The number of rotatable bonds is 6. The molecule has 0 aliphatic heterocycles. The first-order valence-electron chi connectivity index (χ1n) is 10.8. The highest BCUT2D eigenvalue weighted by atomic mass is 32.2. The summed E-state index contributed by atoms with van der Waals surface area (Å²) in [6.07, 6.45) is 1.35. The second-order valence-electron chi connectivity index (χ2n) is 7.85. The van der Waals surface area contributed by atoms with E-state index in [-0.39, 0.29) is 16.6 Å². The van der Waals surface area contributed by atoms with Crippen molar-refractivity contribution in [3.63, 3.8) is 0 Å². The summed E-state index contributed by atoms with van der Waals surface area (Å²) in [5, 5.41) is 7.71. The topological polar surface area (TPSA) is 84.8 Å². The quantitative estimate of drug-likeness (QED) is 0.197. The van der Waals surface area contributed by atoms with Gasteiger partial charge in [0.25, 0.3) is 5.91 Å². The lowest BCUT2D eigenvalue weighted by Gasteiger charge is -2.10. The third kappa shape index (κ3) is 4.90. The van der Waals surface area contributed by atoms with Crippen LogP contribution in [0.3, 0.4) is 0 Å². The molecule has 35 heavy (non-hydrogen) atoms. The Kier molecular flexibility index (Phi) is 5.99. The van der Waals surface area contributed by atoms with E-state index < -0.39 is 10.1 Å². The first-order chi connectivity index (χ1) is 17.0. The number of amides is 1. The van der Waals surface area contributed by atoms with Crippen molar-refractivity contribution in [2.45, 2.75) is 4.90 Å². The van der Waals surface area contributed by atoms with Crippen molar-refractivity contribution in [2.24, 2.45) is 5.10 Å². The number of para-hydroxylation sites is 1. The van der Waals surface area contributed by atoms with Gasteiger partial charge in [-0.1, -0.05) is 72.8 Å². The zero-order valence-electron chi connectivity index (χ0n) is 18.5. The highest BCUT2D eigenvalue weighted by Gasteiger charge is 2.18. The van der Waals surface area contributed by atoms with E-state index in [2.05, 4.69) is 10.5 Å². The van der Waals surface area contributed by atoms with E-state index in [1.165, 1.54) is 18.3 Å². The largest absolute Gasteiger partial charge is 0.378 e. The maximum atomic E-state index is 12.9. The van der Waals surface area contributed by atoms with E-state index in [0.717, 1.165) is 21.5 Å². The van der Waals surface area contributed by atoms with Crippen LogP contribution in [0.1, 0.15) is 15.9 Å². The summed E-state index contributed by atoms with van der Waals surface area (Å²) in [6, 6.07) is 32.0. The number of benzene rings is 5. The maximum Gasteiger partial charge on any atom is 0.339 e. The fraction of sp³-hybridized carbons (Fsp3) is 0. The van der Waals surface area contributed by atoms with Gasteiger partial charge in [-0.25, -0.2) is 5.43 Å². The van der Waals surface area contributed by atoms with E-state index >= 15 is 0 Å². The van der Waals surface area contributed by atoms with Gasteiger partial charge in [-0.15, -0.1) is 0 Å². The molecule has 5 aromatic rings. The van der Waals surface area contributed by atoms with E-state index in [1.807, 2.05) is 54.6 Å². The van der Waals surface area contributed by atoms with Crippen LogP contribution < -0.4 is 9.61 Å². The molecule has 5 rings (SSSR count). The summed E-state index contributed by atoms with van der Waals surface area (Å²) in [7, 11) is -4.08. The van der Waals surface area contributed by atoms with Crippen LogP contribution in [0.4, 0.5) is 0 Å². The number of carbonyl (C=O) groups excluding carboxylic acids is 1. The minimum absolute atomic E-state index is 0.0487. The van der Waals surface area contributed by atoms with Crippen molar-refractivity contribution >= 4 is 43.8 Å². The van der Waals surface area contributed by atoms with Crippen LogP contribution in [0.15, 0.2) is 119 Å². The monoisotopic (exact) mass is 480 g/mol. The number of nitrogens with one attached hydrogen (secondary N) is 1. The van der Waals surface area contributed by atoms with E-state index in [9.17, 15) is 13.2 Å². The Morgan fingerprint density at radius 3 is 2.06 bits per heavy atom. The molecule has 0 fully saturated rings. The smallest absolute Gasteiger partial charge is 0.339 e. The first kappa shape index (κ1) is 22.3. The zero-order valence-corrected chi connectivity index (χ0v) is 19.3. The van der Waals surface area contributed by atoms with Crippen LogP contribution in [-0.4, -0.2) is 20.5 Å². The summed E-state index contributed by atoms with van der Waals surface area (Å²) < 4.78 is 31.3. The normalized spacial score (nSPS) is 11.7. The Bertz CT molecular complexity index is 1690. The van der Waals surface area contributed by atoms with Gasteiger partial charge >= 0.3 is 10.1 Å². The van der Waals surface area contributed by atoms with Crippen molar-refractivity contribution in [3.8, 4) is 5.75 Å². The lowest BCUT2D eigenvalue weighted by Crippen LogP contribution is -2.17.